The molecule has 2 N–H and O–H groups in total. The fourth-order valence-electron chi connectivity index (χ4n) is 1.73. The van der Waals surface area contributed by atoms with Crippen LogP contribution < -0.4 is 10.6 Å². The highest BCUT2D eigenvalue weighted by molar-refractivity contribution is 9.10. The third kappa shape index (κ3) is 2.82. The number of rotatable bonds is 3. The van der Waals surface area contributed by atoms with Gasteiger partial charge in [0.1, 0.15) is 0 Å². The maximum absolute atomic E-state index is 3.57. The van der Waals surface area contributed by atoms with Crippen molar-refractivity contribution in [3.05, 3.63) is 22.7 Å². The average Bonchev–Trinajstić information content (AvgIpc) is 2.25. The van der Waals surface area contributed by atoms with Crippen molar-refractivity contribution in [2.24, 2.45) is 0 Å². The fourth-order valence-corrected chi connectivity index (χ4v) is 2.61. The van der Waals surface area contributed by atoms with Crippen molar-refractivity contribution in [3.8, 4) is 0 Å². The standard InChI is InChI=1S/C11H15BrN2S/c1-15-5-4-9-7-13-10-3-2-8(12)6-11(10)14-9/h2-3,6,9,13-14H,4-5,7H2,1H3. The van der Waals surface area contributed by atoms with Crippen molar-refractivity contribution in [2.45, 2.75) is 12.5 Å². The number of anilines is 2. The predicted octanol–water partition coefficient (Wildman–Crippen LogP) is 3.41. The predicted molar refractivity (Wildman–Crippen MR) is 73.0 cm³/mol. The van der Waals surface area contributed by atoms with Crippen LogP contribution in [0.25, 0.3) is 0 Å². The van der Waals surface area contributed by atoms with Crippen molar-refractivity contribution in [3.63, 3.8) is 0 Å². The minimum atomic E-state index is 0.555. The summed E-state index contributed by atoms with van der Waals surface area (Å²) in [6, 6.07) is 6.86. The molecule has 0 radical (unpaired) electrons. The third-order valence-electron chi connectivity index (χ3n) is 2.55. The second-order valence-corrected chi connectivity index (χ2v) is 5.59. The molecule has 15 heavy (non-hydrogen) atoms. The molecule has 0 saturated heterocycles. The second kappa shape index (κ2) is 5.12. The fraction of sp³-hybridized carbons (Fsp3) is 0.455. The molecule has 1 aliphatic heterocycles. The summed E-state index contributed by atoms with van der Waals surface area (Å²) in [7, 11) is 0. The molecule has 0 aromatic heterocycles. The number of hydrogen-bond acceptors (Lipinski definition) is 3. The smallest absolute Gasteiger partial charge is 0.0590 e. The summed E-state index contributed by atoms with van der Waals surface area (Å²) in [5.74, 6) is 1.21. The largest absolute Gasteiger partial charge is 0.381 e. The van der Waals surface area contributed by atoms with Gasteiger partial charge in [0.15, 0.2) is 0 Å². The van der Waals surface area contributed by atoms with Gasteiger partial charge < -0.3 is 10.6 Å². The first-order chi connectivity index (χ1) is 7.29. The first-order valence-electron chi connectivity index (χ1n) is 5.08. The van der Waals surface area contributed by atoms with Crippen LogP contribution in [0.4, 0.5) is 11.4 Å². The molecule has 1 unspecified atom stereocenters. The van der Waals surface area contributed by atoms with Crippen LogP contribution in [0.15, 0.2) is 22.7 Å². The van der Waals surface area contributed by atoms with E-state index in [2.05, 4.69) is 51.0 Å². The van der Waals surface area contributed by atoms with Gasteiger partial charge in [-0.3, -0.25) is 0 Å². The van der Waals surface area contributed by atoms with Crippen LogP contribution in [0.3, 0.4) is 0 Å². The summed E-state index contributed by atoms with van der Waals surface area (Å²) in [4.78, 5) is 0. The van der Waals surface area contributed by atoms with E-state index < -0.39 is 0 Å². The van der Waals surface area contributed by atoms with Crippen molar-refractivity contribution in [1.82, 2.24) is 0 Å². The monoisotopic (exact) mass is 286 g/mol. The lowest BCUT2D eigenvalue weighted by Gasteiger charge is -2.28. The SMILES string of the molecule is CSCCC1CNc2ccc(Br)cc2N1. The summed E-state index contributed by atoms with van der Waals surface area (Å²) in [6.07, 6.45) is 3.36. The minimum Gasteiger partial charge on any atom is -0.381 e. The van der Waals surface area contributed by atoms with Gasteiger partial charge in [0.2, 0.25) is 0 Å². The number of benzene rings is 1. The number of nitrogens with one attached hydrogen (secondary N) is 2. The van der Waals surface area contributed by atoms with E-state index in [9.17, 15) is 0 Å². The van der Waals surface area contributed by atoms with Crippen molar-refractivity contribution in [1.29, 1.82) is 0 Å². The van der Waals surface area contributed by atoms with E-state index in [1.54, 1.807) is 0 Å². The maximum atomic E-state index is 3.57. The Labute approximate surface area is 103 Å². The van der Waals surface area contributed by atoms with Crippen molar-refractivity contribution < 1.29 is 0 Å². The topological polar surface area (TPSA) is 24.1 Å². The third-order valence-corrected chi connectivity index (χ3v) is 3.69. The molecule has 0 bridgehead atoms. The van der Waals surface area contributed by atoms with E-state index in [0.717, 1.165) is 11.0 Å². The number of fused-ring (bicyclic) bond motifs is 1. The zero-order chi connectivity index (χ0) is 10.7. The van der Waals surface area contributed by atoms with Gasteiger partial charge in [-0.2, -0.15) is 11.8 Å². The van der Waals surface area contributed by atoms with Gasteiger partial charge >= 0.3 is 0 Å². The molecular formula is C11H15BrN2S. The molecule has 1 heterocycles. The molecule has 0 amide bonds. The Hall–Kier alpha value is -0.350. The van der Waals surface area contributed by atoms with E-state index >= 15 is 0 Å². The Bertz CT molecular complexity index is 343. The second-order valence-electron chi connectivity index (χ2n) is 3.69. The molecule has 0 saturated carbocycles. The maximum Gasteiger partial charge on any atom is 0.0590 e. The van der Waals surface area contributed by atoms with E-state index in [1.807, 2.05) is 11.8 Å². The van der Waals surface area contributed by atoms with Gasteiger partial charge in [0.05, 0.1) is 11.4 Å². The van der Waals surface area contributed by atoms with Crippen LogP contribution in [-0.2, 0) is 0 Å². The molecule has 4 heteroatoms. The Balaban J connectivity index is 2.05. The Morgan fingerprint density at radius 2 is 2.33 bits per heavy atom. The van der Waals surface area contributed by atoms with Crippen molar-refractivity contribution >= 4 is 39.1 Å². The van der Waals surface area contributed by atoms with Crippen LogP contribution in [0.2, 0.25) is 0 Å². The molecule has 2 rings (SSSR count). The van der Waals surface area contributed by atoms with E-state index in [0.29, 0.717) is 6.04 Å². The zero-order valence-corrected chi connectivity index (χ0v) is 11.1. The lowest BCUT2D eigenvalue weighted by atomic mass is 10.1. The van der Waals surface area contributed by atoms with Crippen LogP contribution in [0, 0.1) is 0 Å². The van der Waals surface area contributed by atoms with Crippen LogP contribution in [-0.4, -0.2) is 24.6 Å². The van der Waals surface area contributed by atoms with Gasteiger partial charge in [-0.05, 0) is 36.6 Å². The first-order valence-corrected chi connectivity index (χ1v) is 7.27. The summed E-state index contributed by atoms with van der Waals surface area (Å²) < 4.78 is 1.13. The number of halogens is 1. The normalized spacial score (nSPS) is 18.9. The average molecular weight is 287 g/mol. The quantitative estimate of drug-likeness (QED) is 0.891. The van der Waals surface area contributed by atoms with E-state index in [4.69, 9.17) is 0 Å². The van der Waals surface area contributed by atoms with E-state index in [1.165, 1.54) is 23.5 Å². The van der Waals surface area contributed by atoms with Gasteiger partial charge in [0.25, 0.3) is 0 Å². The van der Waals surface area contributed by atoms with E-state index in [-0.39, 0.29) is 0 Å². The van der Waals surface area contributed by atoms with Crippen LogP contribution in [0.1, 0.15) is 6.42 Å². The highest BCUT2D eigenvalue weighted by atomic mass is 79.9. The Morgan fingerprint density at radius 1 is 1.47 bits per heavy atom. The lowest BCUT2D eigenvalue weighted by Crippen LogP contribution is -2.33. The van der Waals surface area contributed by atoms with Gasteiger partial charge in [-0.15, -0.1) is 0 Å². The lowest BCUT2D eigenvalue weighted by molar-refractivity contribution is 0.719. The summed E-state index contributed by atoms with van der Waals surface area (Å²) >= 11 is 5.39. The minimum absolute atomic E-state index is 0.555. The number of thioether (sulfide) groups is 1. The van der Waals surface area contributed by atoms with Gasteiger partial charge in [0, 0.05) is 17.1 Å². The van der Waals surface area contributed by atoms with Gasteiger partial charge in [-0.1, -0.05) is 15.9 Å². The molecule has 1 aromatic rings. The molecule has 0 fully saturated rings. The van der Waals surface area contributed by atoms with Crippen LogP contribution in [0.5, 0.6) is 0 Å². The summed E-state index contributed by atoms with van der Waals surface area (Å²) in [6.45, 7) is 1.02. The van der Waals surface area contributed by atoms with Crippen molar-refractivity contribution in [2.75, 3.05) is 29.2 Å². The molecule has 1 atom stereocenters. The molecule has 82 valence electrons. The molecule has 1 aromatic carbocycles. The molecule has 1 aliphatic rings. The highest BCUT2D eigenvalue weighted by Gasteiger charge is 2.16. The zero-order valence-electron chi connectivity index (χ0n) is 8.72. The summed E-state index contributed by atoms with van der Waals surface area (Å²) in [5, 5.41) is 7.02. The highest BCUT2D eigenvalue weighted by Crippen LogP contribution is 2.29. The van der Waals surface area contributed by atoms with Crippen LogP contribution >= 0.6 is 27.7 Å². The Kier molecular flexibility index (Phi) is 3.81. The molecule has 0 aliphatic carbocycles. The van der Waals surface area contributed by atoms with Gasteiger partial charge in [-0.25, -0.2) is 0 Å². The number of hydrogen-bond donors (Lipinski definition) is 2. The molecule has 0 spiro atoms. The Morgan fingerprint density at radius 3 is 3.13 bits per heavy atom. The summed E-state index contributed by atoms with van der Waals surface area (Å²) in [5.41, 5.74) is 2.42. The molecule has 2 nitrogen and oxygen atoms in total. The molecular weight excluding hydrogens is 272 g/mol. The first kappa shape index (κ1) is 11.1.